The number of aromatic nitrogens is 3. The standard InChI is InChI=1S/C12H23N5O2S/c1-3-6-17-12(14-10-15-17)9-13-11-4-7-16(8-5-11)20(2,18)19/h10-11,13H,3-9H2,1-2H3. The number of piperidine rings is 1. The third-order valence-corrected chi connectivity index (χ3v) is 4.91. The highest BCUT2D eigenvalue weighted by molar-refractivity contribution is 7.88. The Morgan fingerprint density at radius 2 is 2.10 bits per heavy atom. The van der Waals surface area contributed by atoms with Crippen LogP contribution in [0.3, 0.4) is 0 Å². The fourth-order valence-electron chi connectivity index (χ4n) is 2.45. The molecule has 114 valence electrons. The summed E-state index contributed by atoms with van der Waals surface area (Å²) in [4.78, 5) is 4.26. The van der Waals surface area contributed by atoms with Crippen LogP contribution in [0.25, 0.3) is 0 Å². The highest BCUT2D eigenvalue weighted by atomic mass is 32.2. The highest BCUT2D eigenvalue weighted by Gasteiger charge is 2.24. The van der Waals surface area contributed by atoms with Crippen molar-refractivity contribution < 1.29 is 8.42 Å². The maximum atomic E-state index is 11.4. The van der Waals surface area contributed by atoms with Crippen molar-refractivity contribution in [3.8, 4) is 0 Å². The second-order valence-corrected chi connectivity index (χ2v) is 7.20. The molecule has 0 saturated carbocycles. The van der Waals surface area contributed by atoms with Crippen LogP contribution in [0.15, 0.2) is 6.33 Å². The van der Waals surface area contributed by atoms with Gasteiger partial charge in [0.1, 0.15) is 12.2 Å². The first-order chi connectivity index (χ1) is 9.50. The summed E-state index contributed by atoms with van der Waals surface area (Å²) in [6.45, 7) is 4.86. The number of nitrogens with one attached hydrogen (secondary N) is 1. The monoisotopic (exact) mass is 301 g/mol. The van der Waals surface area contributed by atoms with E-state index in [-0.39, 0.29) is 0 Å². The van der Waals surface area contributed by atoms with E-state index in [0.29, 0.717) is 25.7 Å². The lowest BCUT2D eigenvalue weighted by molar-refractivity contribution is 0.287. The second-order valence-electron chi connectivity index (χ2n) is 5.22. The predicted molar refractivity (Wildman–Crippen MR) is 76.6 cm³/mol. The predicted octanol–water partition coefficient (Wildman–Crippen LogP) is 0.202. The largest absolute Gasteiger partial charge is 0.307 e. The van der Waals surface area contributed by atoms with Gasteiger partial charge < -0.3 is 5.32 Å². The van der Waals surface area contributed by atoms with Gasteiger partial charge in [0.2, 0.25) is 10.0 Å². The van der Waals surface area contributed by atoms with Crippen LogP contribution in [0.5, 0.6) is 0 Å². The SMILES string of the molecule is CCCn1ncnc1CNC1CCN(S(C)(=O)=O)CC1. The van der Waals surface area contributed by atoms with Crippen LogP contribution in [-0.4, -0.2) is 52.9 Å². The zero-order chi connectivity index (χ0) is 14.6. The van der Waals surface area contributed by atoms with Crippen molar-refractivity contribution in [3.05, 3.63) is 12.2 Å². The Hall–Kier alpha value is -0.990. The van der Waals surface area contributed by atoms with Crippen LogP contribution < -0.4 is 5.32 Å². The molecule has 8 heteroatoms. The van der Waals surface area contributed by atoms with Crippen molar-refractivity contribution in [2.24, 2.45) is 0 Å². The average Bonchev–Trinajstić information content (AvgIpc) is 2.84. The minimum absolute atomic E-state index is 0.347. The Labute approximate surface area is 120 Å². The van der Waals surface area contributed by atoms with Gasteiger partial charge in [-0.3, -0.25) is 0 Å². The van der Waals surface area contributed by atoms with Gasteiger partial charge in [0.25, 0.3) is 0 Å². The van der Waals surface area contributed by atoms with E-state index in [1.54, 1.807) is 10.6 Å². The zero-order valence-corrected chi connectivity index (χ0v) is 12.9. The molecule has 0 bridgehead atoms. The molecule has 0 radical (unpaired) electrons. The summed E-state index contributed by atoms with van der Waals surface area (Å²) in [6.07, 6.45) is 5.57. The number of sulfonamides is 1. The van der Waals surface area contributed by atoms with Crippen molar-refractivity contribution in [2.75, 3.05) is 19.3 Å². The van der Waals surface area contributed by atoms with Crippen molar-refractivity contribution >= 4 is 10.0 Å². The van der Waals surface area contributed by atoms with E-state index >= 15 is 0 Å². The molecular weight excluding hydrogens is 278 g/mol. The van der Waals surface area contributed by atoms with Gasteiger partial charge in [-0.1, -0.05) is 6.92 Å². The maximum absolute atomic E-state index is 11.4. The Kier molecular flexibility index (Phi) is 5.11. The molecule has 0 amide bonds. The van der Waals surface area contributed by atoms with Crippen LogP contribution >= 0.6 is 0 Å². The first kappa shape index (κ1) is 15.4. The van der Waals surface area contributed by atoms with E-state index in [1.165, 1.54) is 6.26 Å². The van der Waals surface area contributed by atoms with E-state index < -0.39 is 10.0 Å². The van der Waals surface area contributed by atoms with Gasteiger partial charge in [0.05, 0.1) is 12.8 Å². The fourth-order valence-corrected chi connectivity index (χ4v) is 3.32. The zero-order valence-electron chi connectivity index (χ0n) is 12.1. The van der Waals surface area contributed by atoms with E-state index in [0.717, 1.165) is 31.6 Å². The molecule has 1 aromatic rings. The number of aryl methyl sites for hydroxylation is 1. The highest BCUT2D eigenvalue weighted by Crippen LogP contribution is 2.13. The van der Waals surface area contributed by atoms with Gasteiger partial charge in [0.15, 0.2) is 0 Å². The molecule has 20 heavy (non-hydrogen) atoms. The van der Waals surface area contributed by atoms with Crippen LogP contribution in [0.1, 0.15) is 32.0 Å². The fraction of sp³-hybridized carbons (Fsp3) is 0.833. The minimum Gasteiger partial charge on any atom is -0.307 e. The number of hydrogen-bond acceptors (Lipinski definition) is 5. The van der Waals surface area contributed by atoms with Gasteiger partial charge in [0, 0.05) is 25.7 Å². The van der Waals surface area contributed by atoms with E-state index in [2.05, 4.69) is 22.3 Å². The van der Waals surface area contributed by atoms with Crippen molar-refractivity contribution in [2.45, 2.75) is 45.3 Å². The van der Waals surface area contributed by atoms with Crippen LogP contribution in [0.4, 0.5) is 0 Å². The summed E-state index contributed by atoms with van der Waals surface area (Å²) >= 11 is 0. The Morgan fingerprint density at radius 3 is 2.70 bits per heavy atom. The molecule has 1 fully saturated rings. The average molecular weight is 301 g/mol. The molecule has 1 aromatic heterocycles. The summed E-state index contributed by atoms with van der Waals surface area (Å²) < 4.78 is 26.3. The van der Waals surface area contributed by atoms with Gasteiger partial charge in [-0.05, 0) is 19.3 Å². The Morgan fingerprint density at radius 1 is 1.40 bits per heavy atom. The molecule has 0 unspecified atom stereocenters. The van der Waals surface area contributed by atoms with E-state index in [1.807, 2.05) is 4.68 Å². The third kappa shape index (κ3) is 4.00. The van der Waals surface area contributed by atoms with Gasteiger partial charge in [-0.15, -0.1) is 0 Å². The topological polar surface area (TPSA) is 80.1 Å². The molecule has 1 N–H and O–H groups in total. The molecule has 2 heterocycles. The molecule has 0 spiro atoms. The minimum atomic E-state index is -3.04. The first-order valence-electron chi connectivity index (χ1n) is 7.06. The van der Waals surface area contributed by atoms with Gasteiger partial charge in [-0.25, -0.2) is 22.4 Å². The van der Waals surface area contributed by atoms with Crippen molar-refractivity contribution in [3.63, 3.8) is 0 Å². The van der Waals surface area contributed by atoms with Gasteiger partial charge in [-0.2, -0.15) is 5.10 Å². The van der Waals surface area contributed by atoms with Crippen molar-refractivity contribution in [1.82, 2.24) is 24.4 Å². The van der Waals surface area contributed by atoms with Crippen molar-refractivity contribution in [1.29, 1.82) is 0 Å². The summed E-state index contributed by atoms with van der Waals surface area (Å²) in [5.74, 6) is 0.942. The van der Waals surface area contributed by atoms with Crippen LogP contribution in [0.2, 0.25) is 0 Å². The lowest BCUT2D eigenvalue weighted by Gasteiger charge is -2.30. The molecule has 0 atom stereocenters. The first-order valence-corrected chi connectivity index (χ1v) is 8.90. The summed E-state index contributed by atoms with van der Waals surface area (Å²) in [5, 5.41) is 7.64. The third-order valence-electron chi connectivity index (χ3n) is 3.60. The lowest BCUT2D eigenvalue weighted by Crippen LogP contribution is -2.44. The second kappa shape index (κ2) is 6.64. The molecule has 0 aromatic carbocycles. The molecule has 2 rings (SSSR count). The van der Waals surface area contributed by atoms with E-state index in [9.17, 15) is 8.42 Å². The van der Waals surface area contributed by atoms with E-state index in [4.69, 9.17) is 0 Å². The normalized spacial score (nSPS) is 18.5. The molecule has 1 aliphatic heterocycles. The molecule has 1 saturated heterocycles. The van der Waals surface area contributed by atoms with Crippen LogP contribution in [0, 0.1) is 0 Å². The van der Waals surface area contributed by atoms with Crippen LogP contribution in [-0.2, 0) is 23.1 Å². The molecular formula is C12H23N5O2S. The molecule has 7 nitrogen and oxygen atoms in total. The summed E-state index contributed by atoms with van der Waals surface area (Å²) in [6, 6.07) is 0.347. The number of hydrogen-bond donors (Lipinski definition) is 1. The Bertz CT molecular complexity index is 520. The summed E-state index contributed by atoms with van der Waals surface area (Å²) in [5.41, 5.74) is 0. The molecule has 0 aliphatic carbocycles. The van der Waals surface area contributed by atoms with Gasteiger partial charge >= 0.3 is 0 Å². The molecule has 1 aliphatic rings. The number of nitrogens with zero attached hydrogens (tertiary/aromatic N) is 4. The number of rotatable bonds is 6. The smallest absolute Gasteiger partial charge is 0.211 e. The quantitative estimate of drug-likeness (QED) is 0.812. The maximum Gasteiger partial charge on any atom is 0.211 e. The lowest BCUT2D eigenvalue weighted by atomic mass is 10.1. The Balaban J connectivity index is 1.80. The summed E-state index contributed by atoms with van der Waals surface area (Å²) in [7, 11) is -3.04.